The van der Waals surface area contributed by atoms with E-state index in [-0.39, 0.29) is 51.6 Å². The fourth-order valence-electron chi connectivity index (χ4n) is 4.96. The number of phenols is 4. The number of benzene rings is 4. The number of aliphatic imine (C=N–C) groups is 2. The van der Waals surface area contributed by atoms with E-state index in [1.807, 2.05) is 24.3 Å². The van der Waals surface area contributed by atoms with E-state index in [2.05, 4.69) is 0 Å². The van der Waals surface area contributed by atoms with Gasteiger partial charge in [0.25, 0.3) is 0 Å². The molecule has 5 rings (SSSR count). The number of phenolic OH excluding ortho intramolecular Hbond substituents is 4. The second-order valence-electron chi connectivity index (χ2n) is 9.50. The third-order valence-corrected chi connectivity index (χ3v) is 7.03. The van der Waals surface area contributed by atoms with Crippen molar-refractivity contribution in [2.75, 3.05) is 0 Å². The summed E-state index contributed by atoms with van der Waals surface area (Å²) < 4.78 is 0. The molecule has 1 saturated carbocycles. The van der Waals surface area contributed by atoms with Crippen LogP contribution < -0.4 is 0 Å². The summed E-state index contributed by atoms with van der Waals surface area (Å²) in [5.41, 5.74) is 3.37. The van der Waals surface area contributed by atoms with Crippen molar-refractivity contribution >= 4 is 12.4 Å². The predicted octanol–water partition coefficient (Wildman–Crippen LogP) is 6.69. The summed E-state index contributed by atoms with van der Waals surface area (Å²) in [6, 6.07) is 24.5. The molecule has 202 valence electrons. The van der Waals surface area contributed by atoms with Gasteiger partial charge in [0.1, 0.15) is 23.0 Å². The van der Waals surface area contributed by atoms with Crippen LogP contribution in [0.2, 0.25) is 0 Å². The van der Waals surface area contributed by atoms with Gasteiger partial charge < -0.3 is 20.4 Å². The minimum atomic E-state index is -0.0586. The van der Waals surface area contributed by atoms with E-state index in [4.69, 9.17) is 9.98 Å². The van der Waals surface area contributed by atoms with Crippen molar-refractivity contribution in [3.8, 4) is 45.3 Å². The van der Waals surface area contributed by atoms with Crippen molar-refractivity contribution < 1.29 is 36.9 Å². The summed E-state index contributed by atoms with van der Waals surface area (Å²) in [5, 5.41) is 42.3. The predicted molar refractivity (Wildman–Crippen MR) is 152 cm³/mol. The number of para-hydroxylation sites is 4. The second-order valence-corrected chi connectivity index (χ2v) is 9.50. The van der Waals surface area contributed by atoms with Crippen LogP contribution in [0.1, 0.15) is 36.8 Å². The normalized spacial score (nSPS) is 17.3. The smallest absolute Gasteiger partial charge is 0.132 e. The van der Waals surface area contributed by atoms with Crippen LogP contribution in [0.5, 0.6) is 23.0 Å². The third-order valence-electron chi connectivity index (χ3n) is 7.03. The first kappa shape index (κ1) is 27.9. The SMILES string of the molecule is Oc1ccccc1-c1cccc(C=N[C@@H]2CCCC[C@H]2N=Cc2cccc(-c3ccccc3O)c2O)c1O.[Ni]. The zero-order chi connectivity index (χ0) is 26.5. The van der Waals surface area contributed by atoms with Gasteiger partial charge in [-0.3, -0.25) is 9.98 Å². The van der Waals surface area contributed by atoms with Crippen molar-refractivity contribution in [3.05, 3.63) is 96.1 Å². The number of rotatable bonds is 6. The molecule has 4 aromatic rings. The van der Waals surface area contributed by atoms with Gasteiger partial charge in [0.05, 0.1) is 12.1 Å². The molecule has 0 heterocycles. The van der Waals surface area contributed by atoms with Crippen molar-refractivity contribution in [1.29, 1.82) is 0 Å². The van der Waals surface area contributed by atoms with E-state index in [9.17, 15) is 20.4 Å². The van der Waals surface area contributed by atoms with E-state index in [1.165, 1.54) is 0 Å². The van der Waals surface area contributed by atoms with Crippen LogP contribution in [0.15, 0.2) is 94.9 Å². The zero-order valence-electron chi connectivity index (χ0n) is 21.2. The van der Waals surface area contributed by atoms with Gasteiger partial charge in [-0.15, -0.1) is 0 Å². The molecule has 1 fully saturated rings. The van der Waals surface area contributed by atoms with Crippen molar-refractivity contribution in [1.82, 2.24) is 0 Å². The molecule has 39 heavy (non-hydrogen) atoms. The number of hydrogen-bond donors (Lipinski definition) is 4. The summed E-state index contributed by atoms with van der Waals surface area (Å²) in [7, 11) is 0. The van der Waals surface area contributed by atoms with Gasteiger partial charge in [0.15, 0.2) is 0 Å². The van der Waals surface area contributed by atoms with Crippen LogP contribution in [0.25, 0.3) is 22.3 Å². The van der Waals surface area contributed by atoms with Crippen LogP contribution in [0.3, 0.4) is 0 Å². The standard InChI is InChI=1S/C32H30N2O4.Ni/c35-29-17-5-1-11-23(29)25-13-7-9-21(31(25)37)19-33-27-15-3-4-16-28(27)34-20-22-10-8-14-26(32(22)38)24-12-2-6-18-30(24)36;/h1-2,5-14,17-20,27-28,35-38H,3-4,15-16H2;/t27-,28-;/m1./s1. The number of hydrogen-bond acceptors (Lipinski definition) is 6. The number of aromatic hydroxyl groups is 4. The Morgan fingerprint density at radius 2 is 0.897 bits per heavy atom. The number of nitrogens with zero attached hydrogens (tertiary/aromatic N) is 2. The summed E-state index contributed by atoms with van der Waals surface area (Å²) in [4.78, 5) is 9.62. The molecule has 0 saturated heterocycles. The van der Waals surface area contributed by atoms with Gasteiger partial charge >= 0.3 is 0 Å². The Kier molecular flexibility index (Phi) is 9.05. The Morgan fingerprint density at radius 1 is 0.513 bits per heavy atom. The maximum Gasteiger partial charge on any atom is 0.132 e. The largest absolute Gasteiger partial charge is 0.507 e. The summed E-state index contributed by atoms with van der Waals surface area (Å²) in [6.07, 6.45) is 7.23. The van der Waals surface area contributed by atoms with Gasteiger partial charge in [0, 0.05) is 62.3 Å². The van der Waals surface area contributed by atoms with Gasteiger partial charge in [-0.2, -0.15) is 0 Å². The molecule has 4 aromatic carbocycles. The molecule has 1 aliphatic carbocycles. The molecule has 0 unspecified atom stereocenters. The molecule has 2 atom stereocenters. The van der Waals surface area contributed by atoms with Crippen LogP contribution in [-0.4, -0.2) is 44.9 Å². The summed E-state index contributed by atoms with van der Waals surface area (Å²) in [5.74, 6) is 0.348. The first-order valence-electron chi connectivity index (χ1n) is 12.8. The Morgan fingerprint density at radius 3 is 1.31 bits per heavy atom. The van der Waals surface area contributed by atoms with E-state index < -0.39 is 0 Å². The molecule has 7 heteroatoms. The molecule has 0 amide bonds. The third kappa shape index (κ3) is 6.15. The Hall–Kier alpha value is -4.09. The summed E-state index contributed by atoms with van der Waals surface area (Å²) >= 11 is 0. The molecule has 0 radical (unpaired) electrons. The van der Waals surface area contributed by atoms with Gasteiger partial charge in [-0.05, 0) is 37.1 Å². The summed E-state index contributed by atoms with van der Waals surface area (Å²) in [6.45, 7) is 0. The Balaban J connectivity index is 0.00000353. The molecular formula is C32H30N2NiO4. The first-order chi connectivity index (χ1) is 18.5. The molecule has 0 bridgehead atoms. The molecule has 4 N–H and O–H groups in total. The van der Waals surface area contributed by atoms with Crippen LogP contribution >= 0.6 is 0 Å². The van der Waals surface area contributed by atoms with Gasteiger partial charge in [0.2, 0.25) is 0 Å². The van der Waals surface area contributed by atoms with E-state index in [1.54, 1.807) is 73.1 Å². The molecule has 0 aliphatic heterocycles. The first-order valence-corrected chi connectivity index (χ1v) is 12.8. The van der Waals surface area contributed by atoms with E-state index in [0.29, 0.717) is 33.4 Å². The van der Waals surface area contributed by atoms with E-state index in [0.717, 1.165) is 25.7 Å². The van der Waals surface area contributed by atoms with Crippen molar-refractivity contribution in [3.63, 3.8) is 0 Å². The molecule has 1 aliphatic rings. The Bertz CT molecular complexity index is 1390. The van der Waals surface area contributed by atoms with Gasteiger partial charge in [-0.25, -0.2) is 0 Å². The fraction of sp³-hybridized carbons (Fsp3) is 0.188. The molecular weight excluding hydrogens is 535 g/mol. The molecule has 0 spiro atoms. The average molecular weight is 565 g/mol. The van der Waals surface area contributed by atoms with E-state index >= 15 is 0 Å². The molecule has 6 nitrogen and oxygen atoms in total. The van der Waals surface area contributed by atoms with Crippen LogP contribution in [0, 0.1) is 0 Å². The Labute approximate surface area is 238 Å². The maximum absolute atomic E-state index is 10.9. The maximum atomic E-state index is 10.9. The van der Waals surface area contributed by atoms with Crippen LogP contribution in [0.4, 0.5) is 0 Å². The van der Waals surface area contributed by atoms with Crippen molar-refractivity contribution in [2.45, 2.75) is 37.8 Å². The van der Waals surface area contributed by atoms with Crippen molar-refractivity contribution in [2.24, 2.45) is 9.98 Å². The minimum absolute atomic E-state index is 0. The van der Waals surface area contributed by atoms with Gasteiger partial charge in [-0.1, -0.05) is 73.5 Å². The fourth-order valence-corrected chi connectivity index (χ4v) is 4.96. The van der Waals surface area contributed by atoms with Crippen LogP contribution in [-0.2, 0) is 16.5 Å². The topological polar surface area (TPSA) is 106 Å². The minimum Gasteiger partial charge on any atom is -0.507 e. The zero-order valence-corrected chi connectivity index (χ0v) is 22.2. The quantitative estimate of drug-likeness (QED) is 0.155. The molecule has 0 aromatic heterocycles. The average Bonchev–Trinajstić information content (AvgIpc) is 2.93. The second kappa shape index (κ2) is 12.6. The monoisotopic (exact) mass is 564 g/mol.